The molecule has 2 nitrogen and oxygen atoms in total. The predicted octanol–water partition coefficient (Wildman–Crippen LogP) is 2.38. The number of rotatable bonds is 5. The van der Waals surface area contributed by atoms with Crippen LogP contribution >= 0.6 is 0 Å². The van der Waals surface area contributed by atoms with Gasteiger partial charge >= 0.3 is 0 Å². The molecular formula is C12H14O2. The molecule has 1 rings (SSSR count). The first-order valence-corrected chi connectivity index (χ1v) is 4.69. The number of ether oxygens (including phenoxy) is 1. The van der Waals surface area contributed by atoms with Gasteiger partial charge in [-0.15, -0.1) is 0 Å². The van der Waals surface area contributed by atoms with Crippen molar-refractivity contribution in [2.24, 2.45) is 0 Å². The van der Waals surface area contributed by atoms with Crippen molar-refractivity contribution < 1.29 is 9.53 Å². The molecule has 0 aliphatic carbocycles. The van der Waals surface area contributed by atoms with Crippen molar-refractivity contribution in [2.45, 2.75) is 13.3 Å². The van der Waals surface area contributed by atoms with Crippen molar-refractivity contribution in [2.75, 3.05) is 6.61 Å². The molecule has 0 heterocycles. The number of aldehydes is 1. The third-order valence-electron chi connectivity index (χ3n) is 1.78. The molecule has 0 aliphatic heterocycles. The minimum atomic E-state index is 0.674. The van der Waals surface area contributed by atoms with Crippen molar-refractivity contribution in [1.82, 2.24) is 0 Å². The Morgan fingerprint density at radius 2 is 2.29 bits per heavy atom. The topological polar surface area (TPSA) is 26.3 Å². The summed E-state index contributed by atoms with van der Waals surface area (Å²) < 4.78 is 5.36. The Bertz CT molecular complexity index is 316. The molecule has 0 aromatic heterocycles. The quantitative estimate of drug-likeness (QED) is 0.526. The van der Waals surface area contributed by atoms with Crippen molar-refractivity contribution >= 4 is 6.29 Å². The van der Waals surface area contributed by atoms with E-state index in [4.69, 9.17) is 4.74 Å². The van der Waals surface area contributed by atoms with E-state index in [-0.39, 0.29) is 0 Å². The molecule has 0 amide bonds. The van der Waals surface area contributed by atoms with E-state index in [1.54, 1.807) is 0 Å². The van der Waals surface area contributed by atoms with E-state index in [2.05, 4.69) is 0 Å². The average molecular weight is 190 g/mol. The van der Waals surface area contributed by atoms with Gasteiger partial charge in [0.2, 0.25) is 0 Å². The number of carbonyl (C=O) groups is 1. The third kappa shape index (κ3) is 3.44. The van der Waals surface area contributed by atoms with Crippen LogP contribution in [0.15, 0.2) is 36.4 Å². The minimum Gasteiger partial charge on any atom is -0.494 e. The van der Waals surface area contributed by atoms with Crippen LogP contribution in [0.4, 0.5) is 0 Å². The highest BCUT2D eigenvalue weighted by Crippen LogP contribution is 2.13. The first-order chi connectivity index (χ1) is 6.86. The molecule has 0 fully saturated rings. The van der Waals surface area contributed by atoms with Crippen LogP contribution in [0.1, 0.15) is 12.5 Å². The number of allylic oxidation sites excluding steroid dienone is 2. The lowest BCUT2D eigenvalue weighted by Gasteiger charge is -2.03. The molecule has 0 aliphatic rings. The average Bonchev–Trinajstić information content (AvgIpc) is 2.19. The largest absolute Gasteiger partial charge is 0.494 e. The first-order valence-electron chi connectivity index (χ1n) is 4.69. The van der Waals surface area contributed by atoms with Crippen LogP contribution in [0.5, 0.6) is 5.75 Å². The number of carbonyl (C=O) groups excluding carboxylic acids is 1. The molecule has 0 saturated carbocycles. The first kappa shape index (κ1) is 10.5. The maximum atomic E-state index is 10.1. The summed E-state index contributed by atoms with van der Waals surface area (Å²) in [6, 6.07) is 7.88. The van der Waals surface area contributed by atoms with Gasteiger partial charge in [-0.2, -0.15) is 0 Å². The van der Waals surface area contributed by atoms with E-state index in [0.29, 0.717) is 6.61 Å². The van der Waals surface area contributed by atoms with E-state index in [0.717, 1.165) is 24.0 Å². The van der Waals surface area contributed by atoms with Gasteiger partial charge in [0.05, 0.1) is 6.61 Å². The van der Waals surface area contributed by atoms with Gasteiger partial charge in [-0.05, 0) is 37.1 Å². The minimum absolute atomic E-state index is 0.674. The Hall–Kier alpha value is -1.57. The van der Waals surface area contributed by atoms with Gasteiger partial charge in [-0.25, -0.2) is 0 Å². The zero-order valence-corrected chi connectivity index (χ0v) is 8.27. The molecule has 1 aromatic rings. The lowest BCUT2D eigenvalue weighted by atomic mass is 10.1. The lowest BCUT2D eigenvalue weighted by Crippen LogP contribution is -1.92. The molecule has 0 bridgehead atoms. The van der Waals surface area contributed by atoms with Crippen LogP contribution in [0.2, 0.25) is 0 Å². The highest BCUT2D eigenvalue weighted by Gasteiger charge is 1.93. The Kier molecular flexibility index (Phi) is 4.48. The van der Waals surface area contributed by atoms with Gasteiger partial charge in [0.1, 0.15) is 12.0 Å². The maximum Gasteiger partial charge on any atom is 0.142 e. The fourth-order valence-corrected chi connectivity index (χ4v) is 1.19. The predicted molar refractivity (Wildman–Crippen MR) is 56.5 cm³/mol. The second kappa shape index (κ2) is 5.97. The van der Waals surface area contributed by atoms with Crippen LogP contribution in [0.3, 0.4) is 0 Å². The Labute approximate surface area is 84.2 Å². The normalized spacial score (nSPS) is 10.4. The van der Waals surface area contributed by atoms with Gasteiger partial charge < -0.3 is 4.74 Å². The standard InChI is InChI=1S/C12H14O2/c1-2-14-12-8-5-7-11(10-12)6-3-4-9-13/h3-5,7-10H,2,6H2,1H3/b4-3+. The summed E-state index contributed by atoms with van der Waals surface area (Å²) in [7, 11) is 0. The summed E-state index contributed by atoms with van der Waals surface area (Å²) in [6.45, 7) is 2.63. The smallest absolute Gasteiger partial charge is 0.142 e. The molecule has 1 aromatic carbocycles. The summed E-state index contributed by atoms with van der Waals surface area (Å²) in [5, 5.41) is 0. The Morgan fingerprint density at radius 3 is 3.00 bits per heavy atom. The summed E-state index contributed by atoms with van der Waals surface area (Å²) in [4.78, 5) is 10.1. The van der Waals surface area contributed by atoms with Crippen molar-refractivity contribution in [3.8, 4) is 5.75 Å². The van der Waals surface area contributed by atoms with E-state index in [1.165, 1.54) is 6.08 Å². The van der Waals surface area contributed by atoms with E-state index >= 15 is 0 Å². The summed E-state index contributed by atoms with van der Waals surface area (Å²) in [6.07, 6.45) is 4.89. The third-order valence-corrected chi connectivity index (χ3v) is 1.78. The highest BCUT2D eigenvalue weighted by atomic mass is 16.5. The Morgan fingerprint density at radius 1 is 1.43 bits per heavy atom. The number of hydrogen-bond acceptors (Lipinski definition) is 2. The molecule has 0 N–H and O–H groups in total. The second-order valence-corrected chi connectivity index (χ2v) is 2.85. The second-order valence-electron chi connectivity index (χ2n) is 2.85. The lowest BCUT2D eigenvalue weighted by molar-refractivity contribution is -0.104. The molecule has 0 atom stereocenters. The molecule has 2 heteroatoms. The fourth-order valence-electron chi connectivity index (χ4n) is 1.19. The molecule has 0 radical (unpaired) electrons. The van der Waals surface area contributed by atoms with Crippen LogP contribution in [0, 0.1) is 0 Å². The fraction of sp³-hybridized carbons (Fsp3) is 0.250. The van der Waals surface area contributed by atoms with Crippen molar-refractivity contribution in [1.29, 1.82) is 0 Å². The van der Waals surface area contributed by atoms with Crippen molar-refractivity contribution in [3.05, 3.63) is 42.0 Å². The van der Waals surface area contributed by atoms with Gasteiger partial charge in [-0.3, -0.25) is 4.79 Å². The van der Waals surface area contributed by atoms with Crippen LogP contribution in [-0.4, -0.2) is 12.9 Å². The van der Waals surface area contributed by atoms with Crippen LogP contribution in [-0.2, 0) is 11.2 Å². The summed E-state index contributed by atoms with van der Waals surface area (Å²) in [5.41, 5.74) is 1.15. The number of benzene rings is 1. The highest BCUT2D eigenvalue weighted by molar-refractivity contribution is 5.64. The molecule has 14 heavy (non-hydrogen) atoms. The molecule has 0 spiro atoms. The van der Waals surface area contributed by atoms with Gasteiger partial charge in [0.15, 0.2) is 0 Å². The molecular weight excluding hydrogens is 176 g/mol. The van der Waals surface area contributed by atoms with Gasteiger partial charge in [0.25, 0.3) is 0 Å². The van der Waals surface area contributed by atoms with Crippen LogP contribution < -0.4 is 4.74 Å². The maximum absolute atomic E-state index is 10.1. The van der Waals surface area contributed by atoms with Crippen LogP contribution in [0.25, 0.3) is 0 Å². The number of hydrogen-bond donors (Lipinski definition) is 0. The zero-order chi connectivity index (χ0) is 10.2. The van der Waals surface area contributed by atoms with Gasteiger partial charge in [-0.1, -0.05) is 18.2 Å². The monoisotopic (exact) mass is 190 g/mol. The summed E-state index contributed by atoms with van der Waals surface area (Å²) >= 11 is 0. The molecule has 0 unspecified atom stereocenters. The summed E-state index contributed by atoms with van der Waals surface area (Å²) in [5.74, 6) is 0.879. The van der Waals surface area contributed by atoms with E-state index < -0.39 is 0 Å². The molecule has 0 saturated heterocycles. The van der Waals surface area contributed by atoms with Gasteiger partial charge in [0, 0.05) is 0 Å². The molecule has 74 valence electrons. The SMILES string of the molecule is CCOc1cccc(C/C=C/C=O)c1. The zero-order valence-electron chi connectivity index (χ0n) is 8.27. The van der Waals surface area contributed by atoms with Crippen molar-refractivity contribution in [3.63, 3.8) is 0 Å². The Balaban J connectivity index is 2.63. The van der Waals surface area contributed by atoms with E-state index in [1.807, 2.05) is 37.3 Å². The van der Waals surface area contributed by atoms with E-state index in [9.17, 15) is 4.79 Å².